The Morgan fingerprint density at radius 2 is 1.98 bits per heavy atom. The molecule has 0 spiro atoms. The van der Waals surface area contributed by atoms with Crippen LogP contribution in [0.3, 0.4) is 0 Å². The van der Waals surface area contributed by atoms with Gasteiger partial charge >= 0.3 is 5.97 Å². The highest BCUT2D eigenvalue weighted by atomic mass is 19.1. The Morgan fingerprint density at radius 1 is 1.12 bits per heavy atom. The fourth-order valence-corrected chi connectivity index (χ4v) is 5.00. The number of fused-ring (bicyclic) bond motifs is 2. The van der Waals surface area contributed by atoms with Gasteiger partial charge in [-0.1, -0.05) is 6.07 Å². The molecule has 1 aliphatic rings. The highest BCUT2D eigenvalue weighted by molar-refractivity contribution is 5.88. The number of rotatable bonds is 15. The van der Waals surface area contributed by atoms with Gasteiger partial charge in [0.1, 0.15) is 48.0 Å². The van der Waals surface area contributed by atoms with Crippen molar-refractivity contribution in [2.24, 2.45) is 0 Å². The molecule has 1 atom stereocenters. The number of pyridine rings is 1. The Labute approximate surface area is 241 Å². The van der Waals surface area contributed by atoms with Gasteiger partial charge in [-0.2, -0.15) is 5.10 Å². The lowest BCUT2D eigenvalue weighted by Crippen LogP contribution is -2.37. The number of carboxylic acid groups (broad SMARTS) is 1. The van der Waals surface area contributed by atoms with E-state index in [1.165, 1.54) is 11.9 Å². The van der Waals surface area contributed by atoms with Crippen LogP contribution in [0.15, 0.2) is 42.9 Å². The van der Waals surface area contributed by atoms with Crippen LogP contribution in [0.4, 0.5) is 20.4 Å². The van der Waals surface area contributed by atoms with Crippen molar-refractivity contribution in [1.82, 2.24) is 30.0 Å². The van der Waals surface area contributed by atoms with Gasteiger partial charge in [-0.15, -0.1) is 0 Å². The molecule has 222 valence electrons. The minimum Gasteiger partial charge on any atom is -0.492 e. The minimum absolute atomic E-state index is 0.109. The van der Waals surface area contributed by atoms with Crippen molar-refractivity contribution in [3.8, 4) is 5.75 Å². The fourth-order valence-electron chi connectivity index (χ4n) is 5.00. The highest BCUT2D eigenvalue weighted by Crippen LogP contribution is 2.21. The number of ether oxygens (including phenoxy) is 1. The number of hydrogen-bond acceptors (Lipinski definition) is 9. The Hall–Kier alpha value is -4.39. The van der Waals surface area contributed by atoms with Crippen molar-refractivity contribution in [3.05, 3.63) is 65.7 Å². The summed E-state index contributed by atoms with van der Waals surface area (Å²) >= 11 is 0. The molecule has 3 aromatic heterocycles. The quantitative estimate of drug-likeness (QED) is 0.152. The van der Waals surface area contributed by atoms with Gasteiger partial charge in [0.15, 0.2) is 5.65 Å². The van der Waals surface area contributed by atoms with Crippen LogP contribution in [0.2, 0.25) is 0 Å². The third-order valence-corrected chi connectivity index (χ3v) is 7.21. The summed E-state index contributed by atoms with van der Waals surface area (Å²) in [4.78, 5) is 27.3. The first-order valence-corrected chi connectivity index (χ1v) is 14.1. The second-order valence-electron chi connectivity index (χ2n) is 10.3. The predicted octanol–water partition coefficient (Wildman–Crippen LogP) is 4.04. The van der Waals surface area contributed by atoms with E-state index in [1.54, 1.807) is 6.20 Å². The predicted molar refractivity (Wildman–Crippen MR) is 154 cm³/mol. The van der Waals surface area contributed by atoms with E-state index in [-0.39, 0.29) is 18.8 Å². The van der Waals surface area contributed by atoms with Crippen molar-refractivity contribution < 1.29 is 23.4 Å². The van der Waals surface area contributed by atoms with Gasteiger partial charge in [0, 0.05) is 43.5 Å². The topological polar surface area (TPSA) is 141 Å². The summed E-state index contributed by atoms with van der Waals surface area (Å²) in [7, 11) is 0. The van der Waals surface area contributed by atoms with Gasteiger partial charge in [0.2, 0.25) is 0 Å². The Morgan fingerprint density at radius 3 is 2.81 bits per heavy atom. The minimum atomic E-state index is -1.01. The largest absolute Gasteiger partial charge is 0.492 e. The van der Waals surface area contributed by atoms with Crippen molar-refractivity contribution >= 4 is 28.6 Å². The summed E-state index contributed by atoms with van der Waals surface area (Å²) in [6.07, 6.45) is 7.92. The molecule has 13 heteroatoms. The normalized spacial score (nSPS) is 13.5. The molecule has 0 saturated heterocycles. The number of carbonyl (C=O) groups is 1. The molecule has 1 aliphatic heterocycles. The molecule has 42 heavy (non-hydrogen) atoms. The maximum Gasteiger partial charge on any atom is 0.326 e. The molecule has 0 aliphatic carbocycles. The van der Waals surface area contributed by atoms with E-state index >= 15 is 0 Å². The average molecular weight is 581 g/mol. The number of unbranched alkanes of at least 4 members (excludes halogenated alkanes) is 1. The van der Waals surface area contributed by atoms with Crippen molar-refractivity contribution in [3.63, 3.8) is 0 Å². The molecule has 1 aromatic carbocycles. The number of nitrogens with one attached hydrogen (secondary N) is 3. The highest BCUT2D eigenvalue weighted by Gasteiger charge is 2.21. The molecule has 0 radical (unpaired) electrons. The van der Waals surface area contributed by atoms with E-state index in [9.17, 15) is 18.7 Å². The fraction of sp³-hybridized carbons (Fsp3) is 0.414. The van der Waals surface area contributed by atoms with Gasteiger partial charge in [-0.3, -0.25) is 10.00 Å². The zero-order chi connectivity index (χ0) is 29.3. The van der Waals surface area contributed by atoms with E-state index in [2.05, 4.69) is 47.8 Å². The summed E-state index contributed by atoms with van der Waals surface area (Å²) in [5.41, 5.74) is 2.80. The third-order valence-electron chi connectivity index (χ3n) is 7.21. The van der Waals surface area contributed by atoms with Crippen LogP contribution in [0.1, 0.15) is 36.9 Å². The molecule has 0 amide bonds. The van der Waals surface area contributed by atoms with Crippen LogP contribution in [0.5, 0.6) is 5.75 Å². The summed E-state index contributed by atoms with van der Waals surface area (Å²) in [5.74, 6) is -0.952. The molecule has 4 N–H and O–H groups in total. The smallest absolute Gasteiger partial charge is 0.326 e. The van der Waals surface area contributed by atoms with Crippen LogP contribution >= 0.6 is 0 Å². The average Bonchev–Trinajstić information content (AvgIpc) is 3.46. The molecular weight excluding hydrogens is 546 g/mol. The van der Waals surface area contributed by atoms with E-state index in [0.29, 0.717) is 36.5 Å². The molecule has 5 rings (SSSR count). The standard InChI is InChI=1S/C29H34F2N8O3/c30-20-14-21(31)16-23(15-20)42-13-12-39(10-2-1-5-22-7-6-19-4-3-9-32-26(19)36-22)11-8-25(29(40)41)37-27-24-17-35-38-28(24)34-18-33-27/h6-7,14-18,25H,1-5,8-13H2,(H,32,36)(H,40,41)(H2,33,34,35,37,38)/t25-/m0/s1. The first-order chi connectivity index (χ1) is 20.4. The van der Waals surface area contributed by atoms with Crippen LogP contribution in [-0.4, -0.2) is 80.0 Å². The van der Waals surface area contributed by atoms with E-state index in [4.69, 9.17) is 9.72 Å². The zero-order valence-electron chi connectivity index (χ0n) is 23.2. The molecule has 4 aromatic rings. The first-order valence-electron chi connectivity index (χ1n) is 14.1. The number of aromatic amines is 1. The molecule has 0 saturated carbocycles. The number of carboxylic acids is 1. The van der Waals surface area contributed by atoms with Crippen LogP contribution in [-0.2, 0) is 17.6 Å². The Balaban J connectivity index is 1.18. The summed E-state index contributed by atoms with van der Waals surface area (Å²) in [5, 5.41) is 23.6. The number of aromatic nitrogens is 5. The lowest BCUT2D eigenvalue weighted by atomic mass is 10.1. The van der Waals surface area contributed by atoms with Gasteiger partial charge < -0.3 is 20.5 Å². The van der Waals surface area contributed by atoms with Crippen molar-refractivity contribution in [1.29, 1.82) is 0 Å². The van der Waals surface area contributed by atoms with Crippen LogP contribution in [0, 0.1) is 11.6 Å². The summed E-state index contributed by atoms with van der Waals surface area (Å²) < 4.78 is 32.8. The number of nitrogens with zero attached hydrogens (tertiary/aromatic N) is 5. The molecule has 0 bridgehead atoms. The Kier molecular flexibility index (Phi) is 9.70. The second kappa shape index (κ2) is 14.0. The monoisotopic (exact) mass is 580 g/mol. The second-order valence-corrected chi connectivity index (χ2v) is 10.3. The number of anilines is 2. The van der Waals surface area contributed by atoms with E-state index in [1.807, 2.05) is 0 Å². The molecule has 0 unspecified atom stereocenters. The third kappa shape index (κ3) is 7.87. The molecule has 11 nitrogen and oxygen atoms in total. The summed E-state index contributed by atoms with van der Waals surface area (Å²) in [6.45, 7) is 2.72. The number of hydrogen-bond donors (Lipinski definition) is 4. The van der Waals surface area contributed by atoms with Crippen molar-refractivity contribution in [2.75, 3.05) is 43.4 Å². The first kappa shape index (κ1) is 29.1. The molecule has 4 heterocycles. The SMILES string of the molecule is O=C(O)[C@H](CCN(CCCCc1ccc2c(n1)NCCC2)CCOc1cc(F)cc(F)c1)Nc1ncnc2[nH]ncc12. The lowest BCUT2D eigenvalue weighted by Gasteiger charge is -2.25. The molecule has 0 fully saturated rings. The Bertz CT molecular complexity index is 1480. The van der Waals surface area contributed by atoms with Gasteiger partial charge in [0.05, 0.1) is 11.6 Å². The van der Waals surface area contributed by atoms with Crippen molar-refractivity contribution in [2.45, 2.75) is 44.6 Å². The van der Waals surface area contributed by atoms with E-state index in [0.717, 1.165) is 68.4 Å². The maximum absolute atomic E-state index is 13.6. The number of H-pyrrole nitrogens is 1. The van der Waals surface area contributed by atoms with Crippen LogP contribution < -0.4 is 15.4 Å². The number of aliphatic carboxylic acids is 1. The van der Waals surface area contributed by atoms with Gasteiger partial charge in [0.25, 0.3) is 0 Å². The van der Waals surface area contributed by atoms with Gasteiger partial charge in [-0.25, -0.2) is 28.5 Å². The number of halogens is 2. The van der Waals surface area contributed by atoms with Gasteiger partial charge in [-0.05, 0) is 56.7 Å². The van der Waals surface area contributed by atoms with E-state index < -0.39 is 23.6 Å². The van der Waals surface area contributed by atoms with Crippen LogP contribution in [0.25, 0.3) is 11.0 Å². The number of benzene rings is 1. The number of aryl methyl sites for hydroxylation is 2. The lowest BCUT2D eigenvalue weighted by molar-refractivity contribution is -0.138. The summed E-state index contributed by atoms with van der Waals surface area (Å²) in [6, 6.07) is 6.39. The molecular formula is C29H34F2N8O3. The zero-order valence-corrected chi connectivity index (χ0v) is 23.2. The maximum atomic E-state index is 13.6.